The molecule has 2 aromatic carbocycles. The van der Waals surface area contributed by atoms with Crippen molar-refractivity contribution < 1.29 is 4.79 Å². The molecule has 0 spiro atoms. The largest absolute Gasteiger partial charge is 0.378 e. The average Bonchev–Trinajstić information content (AvgIpc) is 2.86. The second kappa shape index (κ2) is 7.95. The summed E-state index contributed by atoms with van der Waals surface area (Å²) in [5.41, 5.74) is 4.96. The van der Waals surface area contributed by atoms with Gasteiger partial charge in [-0.25, -0.2) is 0 Å². The van der Waals surface area contributed by atoms with Crippen LogP contribution in [0.25, 0.3) is 11.0 Å². The number of aryl methyl sites for hydroxylation is 1. The minimum atomic E-state index is -0.0474. The summed E-state index contributed by atoms with van der Waals surface area (Å²) in [4.78, 5) is 15.2. The minimum Gasteiger partial charge on any atom is -0.378 e. The molecule has 3 rings (SSSR count). The molecular formula is C22H29BrN4O. The number of para-hydroxylation sites is 2. The number of hydrogen-bond donors (Lipinski definition) is 1. The van der Waals surface area contributed by atoms with Crippen molar-refractivity contribution in [3.05, 3.63) is 59.2 Å². The van der Waals surface area contributed by atoms with Crippen LogP contribution in [0.5, 0.6) is 0 Å². The van der Waals surface area contributed by atoms with Crippen LogP contribution in [0.1, 0.15) is 36.7 Å². The number of imidazole rings is 1. The van der Waals surface area contributed by atoms with Crippen LogP contribution in [0.15, 0.2) is 42.5 Å². The van der Waals surface area contributed by atoms with E-state index in [2.05, 4.69) is 26.8 Å². The summed E-state index contributed by atoms with van der Waals surface area (Å²) in [6, 6.07) is 13.9. The van der Waals surface area contributed by atoms with Crippen LogP contribution in [0.3, 0.4) is 0 Å². The zero-order valence-electron chi connectivity index (χ0n) is 17.4. The highest BCUT2D eigenvalue weighted by Gasteiger charge is 2.19. The van der Waals surface area contributed by atoms with Crippen LogP contribution >= 0.6 is 17.0 Å². The van der Waals surface area contributed by atoms with Crippen molar-refractivity contribution in [2.24, 2.45) is 7.05 Å². The lowest BCUT2D eigenvalue weighted by atomic mass is 9.85. The van der Waals surface area contributed by atoms with E-state index in [4.69, 9.17) is 5.41 Å². The van der Waals surface area contributed by atoms with Crippen molar-refractivity contribution in [2.75, 3.05) is 19.0 Å². The number of nitrogens with one attached hydrogen (secondary N) is 1. The first-order chi connectivity index (χ1) is 12.6. The predicted molar refractivity (Wildman–Crippen MR) is 121 cm³/mol. The molecular weight excluding hydrogens is 416 g/mol. The van der Waals surface area contributed by atoms with E-state index in [1.54, 1.807) is 9.13 Å². The molecule has 0 saturated heterocycles. The molecule has 0 aliphatic heterocycles. The third-order valence-electron chi connectivity index (χ3n) is 5.03. The summed E-state index contributed by atoms with van der Waals surface area (Å²) in [6.45, 7) is 6.60. The van der Waals surface area contributed by atoms with E-state index >= 15 is 0 Å². The Balaban J connectivity index is 0.00000280. The van der Waals surface area contributed by atoms with Crippen molar-refractivity contribution >= 4 is 39.5 Å². The van der Waals surface area contributed by atoms with Crippen molar-refractivity contribution in [1.29, 1.82) is 5.41 Å². The molecule has 0 unspecified atom stereocenters. The molecule has 1 N–H and O–H groups in total. The van der Waals surface area contributed by atoms with Gasteiger partial charge in [-0.15, -0.1) is 17.0 Å². The molecule has 1 aromatic heterocycles. The highest BCUT2D eigenvalue weighted by molar-refractivity contribution is 8.93. The lowest BCUT2D eigenvalue weighted by molar-refractivity contribution is 0.0971. The van der Waals surface area contributed by atoms with Gasteiger partial charge in [-0.3, -0.25) is 10.2 Å². The van der Waals surface area contributed by atoms with Crippen molar-refractivity contribution in [1.82, 2.24) is 9.13 Å². The maximum absolute atomic E-state index is 13.1. The van der Waals surface area contributed by atoms with Gasteiger partial charge in [-0.05, 0) is 41.3 Å². The van der Waals surface area contributed by atoms with Crippen molar-refractivity contribution in [3.63, 3.8) is 0 Å². The molecule has 1 heterocycles. The van der Waals surface area contributed by atoms with Gasteiger partial charge in [0.15, 0.2) is 5.78 Å². The minimum absolute atomic E-state index is 0. The number of anilines is 1. The summed E-state index contributed by atoms with van der Waals surface area (Å²) < 4.78 is 3.58. The number of hydrogen-bond acceptors (Lipinski definition) is 3. The normalized spacial score (nSPS) is 11.4. The molecule has 150 valence electrons. The van der Waals surface area contributed by atoms with Crippen molar-refractivity contribution in [2.45, 2.75) is 32.7 Å². The topological polar surface area (TPSA) is 54.0 Å². The SMILES string of the molecule is Br.CN(C)c1cc(C(=O)Cn2c(=N)n(C)c3ccccc32)cc(C(C)(C)C)c1. The Labute approximate surface area is 176 Å². The van der Waals surface area contributed by atoms with E-state index in [0.717, 1.165) is 22.3 Å². The van der Waals surface area contributed by atoms with E-state index in [0.29, 0.717) is 11.2 Å². The highest BCUT2D eigenvalue weighted by atomic mass is 79.9. The fourth-order valence-electron chi connectivity index (χ4n) is 3.24. The highest BCUT2D eigenvalue weighted by Crippen LogP contribution is 2.28. The monoisotopic (exact) mass is 444 g/mol. The maximum Gasteiger partial charge on any atom is 0.203 e. The number of Topliss-reactive ketones (excluding diaryl/α,β-unsaturated/α-hetero) is 1. The fraction of sp³-hybridized carbons (Fsp3) is 0.364. The molecule has 0 aliphatic carbocycles. The number of carbonyl (C=O) groups excluding carboxylic acids is 1. The van der Waals surface area contributed by atoms with E-state index in [9.17, 15) is 4.79 Å². The molecule has 0 radical (unpaired) electrons. The van der Waals surface area contributed by atoms with Gasteiger partial charge in [0, 0.05) is 32.4 Å². The number of ketones is 1. The number of benzene rings is 2. The quantitative estimate of drug-likeness (QED) is 0.610. The number of rotatable bonds is 4. The molecule has 0 bridgehead atoms. The molecule has 0 fully saturated rings. The van der Waals surface area contributed by atoms with Gasteiger partial charge >= 0.3 is 0 Å². The molecule has 0 atom stereocenters. The molecule has 6 heteroatoms. The third-order valence-corrected chi connectivity index (χ3v) is 5.03. The molecule has 0 saturated carbocycles. The Bertz CT molecular complexity index is 1070. The summed E-state index contributed by atoms with van der Waals surface area (Å²) in [6.07, 6.45) is 0. The second-order valence-corrected chi connectivity index (χ2v) is 8.29. The smallest absolute Gasteiger partial charge is 0.203 e. The summed E-state index contributed by atoms with van der Waals surface area (Å²) in [7, 11) is 5.82. The predicted octanol–water partition coefficient (Wildman–Crippen LogP) is 4.28. The van der Waals surface area contributed by atoms with Crippen LogP contribution in [-0.4, -0.2) is 29.0 Å². The molecule has 28 heavy (non-hydrogen) atoms. The van der Waals surface area contributed by atoms with E-state index in [1.165, 1.54) is 0 Å². The lowest BCUT2D eigenvalue weighted by Crippen LogP contribution is -2.26. The first-order valence-electron chi connectivity index (χ1n) is 9.14. The van der Waals surface area contributed by atoms with Crippen LogP contribution in [-0.2, 0) is 19.0 Å². The summed E-state index contributed by atoms with van der Waals surface area (Å²) in [5.74, 6) is 0.0130. The number of nitrogens with zero attached hydrogens (tertiary/aromatic N) is 3. The van der Waals surface area contributed by atoms with Gasteiger partial charge in [-0.2, -0.15) is 0 Å². The Morgan fingerprint density at radius 1 is 1.07 bits per heavy atom. The van der Waals surface area contributed by atoms with Gasteiger partial charge in [-0.1, -0.05) is 32.9 Å². The van der Waals surface area contributed by atoms with Crippen LogP contribution in [0.4, 0.5) is 5.69 Å². The van der Waals surface area contributed by atoms with Gasteiger partial charge in [0.25, 0.3) is 0 Å². The Kier molecular flexibility index (Phi) is 6.24. The Morgan fingerprint density at radius 3 is 2.25 bits per heavy atom. The number of carbonyl (C=O) groups is 1. The number of halogens is 1. The Morgan fingerprint density at radius 2 is 1.68 bits per heavy atom. The van der Waals surface area contributed by atoms with Crippen LogP contribution in [0.2, 0.25) is 0 Å². The fourth-order valence-corrected chi connectivity index (χ4v) is 3.24. The van der Waals surface area contributed by atoms with Gasteiger partial charge in [0.2, 0.25) is 5.62 Å². The molecule has 3 aromatic rings. The standard InChI is InChI=1S/C22H28N4O.BrH/c1-22(2,3)16-11-15(12-17(13-16)24(4)5)20(27)14-26-19-10-8-7-9-18(19)25(6)21(26)23;/h7-13,23H,14H2,1-6H3;1H. The second-order valence-electron chi connectivity index (χ2n) is 8.29. The first-order valence-corrected chi connectivity index (χ1v) is 9.14. The van der Waals surface area contributed by atoms with Gasteiger partial charge < -0.3 is 14.0 Å². The zero-order chi connectivity index (χ0) is 19.9. The summed E-state index contributed by atoms with van der Waals surface area (Å²) in [5, 5.41) is 8.40. The summed E-state index contributed by atoms with van der Waals surface area (Å²) >= 11 is 0. The Hall–Kier alpha value is -2.34. The van der Waals surface area contributed by atoms with Gasteiger partial charge in [0.05, 0.1) is 17.6 Å². The molecule has 5 nitrogen and oxygen atoms in total. The van der Waals surface area contributed by atoms with E-state index in [-0.39, 0.29) is 34.7 Å². The molecule has 0 amide bonds. The molecule has 0 aliphatic rings. The zero-order valence-corrected chi connectivity index (χ0v) is 19.1. The maximum atomic E-state index is 13.1. The van der Waals surface area contributed by atoms with Gasteiger partial charge in [0.1, 0.15) is 0 Å². The van der Waals surface area contributed by atoms with Crippen molar-refractivity contribution in [3.8, 4) is 0 Å². The third kappa shape index (κ3) is 4.07. The van der Waals surface area contributed by atoms with E-state index in [1.807, 2.05) is 62.4 Å². The lowest BCUT2D eigenvalue weighted by Gasteiger charge is -2.23. The average molecular weight is 445 g/mol. The number of aromatic nitrogens is 2. The van der Waals surface area contributed by atoms with E-state index < -0.39 is 0 Å². The number of fused-ring (bicyclic) bond motifs is 1. The van der Waals surface area contributed by atoms with Crippen LogP contribution < -0.4 is 10.5 Å². The van der Waals surface area contributed by atoms with Crippen LogP contribution in [0, 0.1) is 5.41 Å². The first kappa shape index (κ1) is 22.0.